The third-order valence-electron chi connectivity index (χ3n) is 6.74. The number of rotatable bonds is 10. The summed E-state index contributed by atoms with van der Waals surface area (Å²) in [7, 11) is 0. The van der Waals surface area contributed by atoms with Crippen molar-refractivity contribution in [3.63, 3.8) is 0 Å². The smallest absolute Gasteiger partial charge is 0.273 e. The van der Waals surface area contributed by atoms with Gasteiger partial charge in [-0.1, -0.05) is 89.4 Å². The number of hydrogen-bond donors (Lipinski definition) is 1. The second-order valence-corrected chi connectivity index (χ2v) is 10.3. The summed E-state index contributed by atoms with van der Waals surface area (Å²) >= 11 is 3.49. The molecule has 192 valence electrons. The third-order valence-corrected chi connectivity index (χ3v) is 7.24. The van der Waals surface area contributed by atoms with Gasteiger partial charge in [-0.15, -0.1) is 0 Å². The Hall–Kier alpha value is -3.52. The molecule has 1 atom stereocenters. The fraction of sp³-hybridized carbons (Fsp3) is 0.310. The SMILES string of the molecule is O=C(NC1CCCC1)[C@H](Cc1ccccc1)N(Cc1cccc(Br)c1)C(=O)Cc1ccccc1[N+](=O)[O-]. The minimum atomic E-state index is -0.766. The first-order chi connectivity index (χ1) is 17.9. The minimum Gasteiger partial charge on any atom is -0.352 e. The van der Waals surface area contributed by atoms with Gasteiger partial charge in [0.25, 0.3) is 5.69 Å². The monoisotopic (exact) mass is 563 g/mol. The number of para-hydroxylation sites is 1. The van der Waals surface area contributed by atoms with Gasteiger partial charge in [0.1, 0.15) is 6.04 Å². The Labute approximate surface area is 225 Å². The van der Waals surface area contributed by atoms with E-state index in [9.17, 15) is 19.7 Å². The molecule has 1 aliphatic rings. The molecule has 7 nitrogen and oxygen atoms in total. The first-order valence-electron chi connectivity index (χ1n) is 12.5. The van der Waals surface area contributed by atoms with E-state index in [-0.39, 0.29) is 36.5 Å². The molecule has 0 heterocycles. The van der Waals surface area contributed by atoms with E-state index in [1.54, 1.807) is 23.1 Å². The summed E-state index contributed by atoms with van der Waals surface area (Å²) in [5, 5.41) is 14.8. The fourth-order valence-corrected chi connectivity index (χ4v) is 5.30. The van der Waals surface area contributed by atoms with Gasteiger partial charge in [0.05, 0.1) is 11.3 Å². The summed E-state index contributed by atoms with van der Waals surface area (Å²) in [6.07, 6.45) is 4.18. The summed E-state index contributed by atoms with van der Waals surface area (Å²) in [5.41, 5.74) is 2.02. The highest BCUT2D eigenvalue weighted by atomic mass is 79.9. The van der Waals surface area contributed by atoms with Crippen LogP contribution in [0.3, 0.4) is 0 Å². The lowest BCUT2D eigenvalue weighted by Gasteiger charge is -2.32. The van der Waals surface area contributed by atoms with Gasteiger partial charge < -0.3 is 10.2 Å². The number of halogens is 1. The summed E-state index contributed by atoms with van der Waals surface area (Å²) in [6.45, 7) is 0.203. The van der Waals surface area contributed by atoms with Crippen LogP contribution in [0.5, 0.6) is 0 Å². The minimum absolute atomic E-state index is 0.101. The van der Waals surface area contributed by atoms with Crippen molar-refractivity contribution in [1.29, 1.82) is 0 Å². The Morgan fingerprint density at radius 2 is 1.65 bits per heavy atom. The molecule has 0 saturated heterocycles. The Morgan fingerprint density at radius 1 is 0.973 bits per heavy atom. The van der Waals surface area contributed by atoms with Gasteiger partial charge >= 0.3 is 0 Å². The Kier molecular flexibility index (Phi) is 9.06. The maximum atomic E-state index is 13.9. The second kappa shape index (κ2) is 12.6. The number of nitro benzene ring substituents is 1. The molecule has 4 rings (SSSR count). The quantitative estimate of drug-likeness (QED) is 0.256. The van der Waals surface area contributed by atoms with Crippen molar-refractivity contribution in [2.45, 2.75) is 57.2 Å². The van der Waals surface area contributed by atoms with Crippen LogP contribution in [0.1, 0.15) is 42.4 Å². The predicted octanol–water partition coefficient (Wildman–Crippen LogP) is 5.60. The molecule has 0 spiro atoms. The highest BCUT2D eigenvalue weighted by Gasteiger charge is 2.33. The molecule has 1 saturated carbocycles. The molecule has 2 amide bonds. The van der Waals surface area contributed by atoms with Crippen LogP contribution in [0.4, 0.5) is 5.69 Å². The van der Waals surface area contributed by atoms with Crippen LogP contribution >= 0.6 is 15.9 Å². The molecule has 0 unspecified atom stereocenters. The number of benzene rings is 3. The zero-order valence-corrected chi connectivity index (χ0v) is 22.1. The highest BCUT2D eigenvalue weighted by molar-refractivity contribution is 9.10. The summed E-state index contributed by atoms with van der Waals surface area (Å²) in [5.74, 6) is -0.529. The van der Waals surface area contributed by atoms with E-state index in [0.29, 0.717) is 12.0 Å². The standard InChI is InChI=1S/C29H30BrN3O4/c30-24-13-8-11-22(17-24)20-32(28(34)19-23-12-4-7-16-26(23)33(36)37)27(18-21-9-2-1-3-10-21)29(35)31-25-14-5-6-15-25/h1-4,7-13,16-17,25,27H,5-6,14-15,18-20H2,(H,31,35)/t27-/m0/s1. The van der Waals surface area contributed by atoms with Crippen molar-refractivity contribution in [2.24, 2.45) is 0 Å². The average Bonchev–Trinajstić information content (AvgIpc) is 3.40. The molecule has 1 N–H and O–H groups in total. The Morgan fingerprint density at radius 3 is 2.35 bits per heavy atom. The van der Waals surface area contributed by atoms with Crippen molar-refractivity contribution >= 4 is 33.4 Å². The third kappa shape index (κ3) is 7.26. The van der Waals surface area contributed by atoms with E-state index in [4.69, 9.17) is 0 Å². The van der Waals surface area contributed by atoms with Crippen LogP contribution in [0, 0.1) is 10.1 Å². The molecule has 0 aliphatic heterocycles. The number of hydrogen-bond acceptors (Lipinski definition) is 4. The van der Waals surface area contributed by atoms with Crippen LogP contribution in [-0.4, -0.2) is 33.7 Å². The van der Waals surface area contributed by atoms with Gasteiger partial charge in [0.2, 0.25) is 11.8 Å². The van der Waals surface area contributed by atoms with E-state index < -0.39 is 11.0 Å². The van der Waals surface area contributed by atoms with Crippen molar-refractivity contribution in [2.75, 3.05) is 0 Å². The highest BCUT2D eigenvalue weighted by Crippen LogP contribution is 2.23. The van der Waals surface area contributed by atoms with Crippen LogP contribution in [0.2, 0.25) is 0 Å². The van der Waals surface area contributed by atoms with Gasteiger partial charge in [-0.25, -0.2) is 0 Å². The van der Waals surface area contributed by atoms with Crippen molar-refractivity contribution in [3.8, 4) is 0 Å². The molecule has 37 heavy (non-hydrogen) atoms. The molecule has 1 aliphatic carbocycles. The lowest BCUT2D eigenvalue weighted by atomic mass is 10.0. The first kappa shape index (κ1) is 26.5. The van der Waals surface area contributed by atoms with Crippen LogP contribution in [0.25, 0.3) is 0 Å². The van der Waals surface area contributed by atoms with Gasteiger partial charge in [-0.05, 0) is 36.1 Å². The number of nitrogens with zero attached hydrogens (tertiary/aromatic N) is 2. The summed E-state index contributed by atoms with van der Waals surface area (Å²) < 4.78 is 0.867. The lowest BCUT2D eigenvalue weighted by Crippen LogP contribution is -2.52. The fourth-order valence-electron chi connectivity index (χ4n) is 4.86. The van der Waals surface area contributed by atoms with Gasteiger partial charge in [-0.3, -0.25) is 19.7 Å². The maximum Gasteiger partial charge on any atom is 0.273 e. The van der Waals surface area contributed by atoms with Crippen LogP contribution in [-0.2, 0) is 29.0 Å². The van der Waals surface area contributed by atoms with Crippen LogP contribution < -0.4 is 5.32 Å². The summed E-state index contributed by atoms with van der Waals surface area (Å²) in [6, 6.07) is 22.8. The van der Waals surface area contributed by atoms with Crippen molar-refractivity contribution in [3.05, 3.63) is 110 Å². The molecule has 0 aromatic heterocycles. The number of carbonyl (C=O) groups excluding carboxylic acids is 2. The van der Waals surface area contributed by atoms with E-state index >= 15 is 0 Å². The van der Waals surface area contributed by atoms with Gasteiger partial charge in [0, 0.05) is 35.1 Å². The molecule has 3 aromatic rings. The Bertz CT molecular complexity index is 1240. The molecule has 0 radical (unpaired) electrons. The van der Waals surface area contributed by atoms with E-state index in [0.717, 1.165) is 41.3 Å². The number of amides is 2. The molecule has 0 bridgehead atoms. The largest absolute Gasteiger partial charge is 0.352 e. The number of carbonyl (C=O) groups is 2. The van der Waals surface area contributed by atoms with E-state index in [1.807, 2.05) is 54.6 Å². The Balaban J connectivity index is 1.69. The predicted molar refractivity (Wildman–Crippen MR) is 146 cm³/mol. The van der Waals surface area contributed by atoms with Gasteiger partial charge in [-0.2, -0.15) is 0 Å². The molecule has 3 aromatic carbocycles. The first-order valence-corrected chi connectivity index (χ1v) is 13.3. The second-order valence-electron chi connectivity index (χ2n) is 9.41. The molecule has 1 fully saturated rings. The van der Waals surface area contributed by atoms with Crippen LogP contribution in [0.15, 0.2) is 83.3 Å². The zero-order valence-electron chi connectivity index (χ0n) is 20.5. The summed E-state index contributed by atoms with van der Waals surface area (Å²) in [4.78, 5) is 40.3. The van der Waals surface area contributed by atoms with E-state index in [2.05, 4.69) is 21.2 Å². The maximum absolute atomic E-state index is 13.9. The lowest BCUT2D eigenvalue weighted by molar-refractivity contribution is -0.385. The average molecular weight is 564 g/mol. The van der Waals surface area contributed by atoms with Crippen molar-refractivity contribution < 1.29 is 14.5 Å². The molecule has 8 heteroatoms. The number of nitrogens with one attached hydrogen (secondary N) is 1. The van der Waals surface area contributed by atoms with Gasteiger partial charge in [0.15, 0.2) is 0 Å². The van der Waals surface area contributed by atoms with Crippen molar-refractivity contribution in [1.82, 2.24) is 10.2 Å². The molecular formula is C29H30BrN3O4. The number of nitro groups is 1. The topological polar surface area (TPSA) is 92.6 Å². The molecular weight excluding hydrogens is 534 g/mol. The van der Waals surface area contributed by atoms with E-state index in [1.165, 1.54) is 6.07 Å². The zero-order chi connectivity index (χ0) is 26.2. The normalized spacial score (nSPS) is 14.2.